The van der Waals surface area contributed by atoms with Gasteiger partial charge in [0.25, 0.3) is 0 Å². The lowest BCUT2D eigenvalue weighted by Crippen LogP contribution is -2.04. The van der Waals surface area contributed by atoms with Crippen LogP contribution in [0.3, 0.4) is 0 Å². The van der Waals surface area contributed by atoms with Gasteiger partial charge < -0.3 is 9.72 Å². The minimum Gasteiger partial charge on any atom is -0.465 e. The number of ketones is 1. The molecule has 1 aromatic carbocycles. The molecule has 1 aliphatic rings. The maximum atomic E-state index is 12.5. The standard InChI is InChI=1S/C17H19NO3/c1-3-4-13-15(16(19)10-5-6-10)12-8-7-11(17(20)21-2)9-14(12)18-13/h7-10,18H,3-6H2,1-2H3. The van der Waals surface area contributed by atoms with E-state index in [1.807, 2.05) is 6.07 Å². The number of fused-ring (bicyclic) bond motifs is 1. The van der Waals surface area contributed by atoms with Crippen LogP contribution in [0.1, 0.15) is 52.6 Å². The third-order valence-electron chi connectivity index (χ3n) is 3.99. The number of methoxy groups -OCH3 is 1. The van der Waals surface area contributed by atoms with Crippen molar-refractivity contribution in [2.75, 3.05) is 7.11 Å². The van der Waals surface area contributed by atoms with Crippen molar-refractivity contribution >= 4 is 22.7 Å². The highest BCUT2D eigenvalue weighted by Crippen LogP contribution is 2.36. The van der Waals surface area contributed by atoms with Crippen molar-refractivity contribution < 1.29 is 14.3 Å². The second-order valence-electron chi connectivity index (χ2n) is 5.62. The number of carbonyl (C=O) groups is 2. The molecule has 2 aromatic rings. The summed E-state index contributed by atoms with van der Waals surface area (Å²) in [6, 6.07) is 5.35. The van der Waals surface area contributed by atoms with Crippen LogP contribution >= 0.6 is 0 Å². The summed E-state index contributed by atoms with van der Waals surface area (Å²) < 4.78 is 4.75. The fourth-order valence-corrected chi connectivity index (χ4v) is 2.77. The van der Waals surface area contributed by atoms with E-state index in [2.05, 4.69) is 11.9 Å². The summed E-state index contributed by atoms with van der Waals surface area (Å²) in [7, 11) is 1.37. The monoisotopic (exact) mass is 285 g/mol. The second-order valence-corrected chi connectivity index (χ2v) is 5.62. The van der Waals surface area contributed by atoms with E-state index in [1.165, 1.54) is 7.11 Å². The van der Waals surface area contributed by atoms with Gasteiger partial charge in [0.1, 0.15) is 0 Å². The molecule has 0 unspecified atom stereocenters. The minimum atomic E-state index is -0.362. The average molecular weight is 285 g/mol. The van der Waals surface area contributed by atoms with Gasteiger partial charge in [0, 0.05) is 28.1 Å². The fourth-order valence-electron chi connectivity index (χ4n) is 2.77. The van der Waals surface area contributed by atoms with Crippen LogP contribution in [0.5, 0.6) is 0 Å². The Kier molecular flexibility index (Phi) is 3.53. The maximum absolute atomic E-state index is 12.5. The quantitative estimate of drug-likeness (QED) is 0.675. The van der Waals surface area contributed by atoms with E-state index in [9.17, 15) is 9.59 Å². The molecule has 110 valence electrons. The highest BCUT2D eigenvalue weighted by atomic mass is 16.5. The predicted octanol–water partition coefficient (Wildman–Crippen LogP) is 3.50. The molecule has 0 saturated heterocycles. The van der Waals surface area contributed by atoms with Gasteiger partial charge in [0.15, 0.2) is 5.78 Å². The fraction of sp³-hybridized carbons (Fsp3) is 0.412. The molecule has 0 aliphatic heterocycles. The van der Waals surface area contributed by atoms with Crippen molar-refractivity contribution in [1.82, 2.24) is 4.98 Å². The lowest BCUT2D eigenvalue weighted by atomic mass is 10.0. The first-order valence-electron chi connectivity index (χ1n) is 7.42. The number of nitrogens with one attached hydrogen (secondary N) is 1. The highest BCUT2D eigenvalue weighted by molar-refractivity contribution is 6.11. The maximum Gasteiger partial charge on any atom is 0.337 e. The van der Waals surface area contributed by atoms with Gasteiger partial charge in [-0.2, -0.15) is 0 Å². The van der Waals surface area contributed by atoms with Gasteiger partial charge in [-0.1, -0.05) is 19.4 Å². The van der Waals surface area contributed by atoms with E-state index in [-0.39, 0.29) is 17.7 Å². The molecule has 0 amide bonds. The zero-order valence-electron chi connectivity index (χ0n) is 12.4. The molecular formula is C17H19NO3. The number of hydrogen-bond acceptors (Lipinski definition) is 3. The van der Waals surface area contributed by atoms with Crippen molar-refractivity contribution in [3.63, 3.8) is 0 Å². The molecule has 0 bridgehead atoms. The number of carbonyl (C=O) groups excluding carboxylic acids is 2. The summed E-state index contributed by atoms with van der Waals surface area (Å²) in [6.07, 6.45) is 3.81. The molecule has 1 heterocycles. The van der Waals surface area contributed by atoms with E-state index >= 15 is 0 Å². The molecular weight excluding hydrogens is 266 g/mol. The Bertz CT molecular complexity index is 710. The van der Waals surface area contributed by atoms with Crippen molar-refractivity contribution in [2.24, 2.45) is 5.92 Å². The molecule has 4 heteroatoms. The summed E-state index contributed by atoms with van der Waals surface area (Å²) in [4.78, 5) is 27.5. The van der Waals surface area contributed by atoms with Crippen molar-refractivity contribution in [1.29, 1.82) is 0 Å². The van der Waals surface area contributed by atoms with E-state index in [4.69, 9.17) is 4.74 Å². The first-order chi connectivity index (χ1) is 10.2. The smallest absolute Gasteiger partial charge is 0.337 e. The van der Waals surface area contributed by atoms with Crippen LogP contribution in [0.15, 0.2) is 18.2 Å². The van der Waals surface area contributed by atoms with Gasteiger partial charge in [-0.05, 0) is 31.4 Å². The zero-order chi connectivity index (χ0) is 15.0. The lowest BCUT2D eigenvalue weighted by molar-refractivity contribution is 0.0600. The zero-order valence-corrected chi connectivity index (χ0v) is 12.4. The number of aromatic nitrogens is 1. The molecule has 1 fully saturated rings. The Labute approximate surface area is 123 Å². The summed E-state index contributed by atoms with van der Waals surface area (Å²) >= 11 is 0. The second kappa shape index (κ2) is 5.35. The Balaban J connectivity index is 2.12. The largest absolute Gasteiger partial charge is 0.465 e. The Morgan fingerprint density at radius 1 is 1.33 bits per heavy atom. The third kappa shape index (κ3) is 2.46. The van der Waals surface area contributed by atoms with Crippen LogP contribution in [0.4, 0.5) is 0 Å². The van der Waals surface area contributed by atoms with Crippen molar-refractivity contribution in [2.45, 2.75) is 32.6 Å². The van der Waals surface area contributed by atoms with Gasteiger partial charge in [-0.3, -0.25) is 4.79 Å². The van der Waals surface area contributed by atoms with Gasteiger partial charge in [0.2, 0.25) is 0 Å². The molecule has 1 N–H and O–H groups in total. The van der Waals surface area contributed by atoms with Gasteiger partial charge in [-0.25, -0.2) is 4.79 Å². The van der Waals surface area contributed by atoms with E-state index in [0.29, 0.717) is 5.56 Å². The topological polar surface area (TPSA) is 59.2 Å². The number of ether oxygens (including phenoxy) is 1. The number of aryl methyl sites for hydroxylation is 1. The SMILES string of the molecule is CCCc1[nH]c2cc(C(=O)OC)ccc2c1C(=O)C1CC1. The van der Waals surface area contributed by atoms with Crippen molar-refractivity contribution in [3.05, 3.63) is 35.0 Å². The van der Waals surface area contributed by atoms with Crippen LogP contribution in [0.2, 0.25) is 0 Å². The molecule has 3 rings (SSSR count). The third-order valence-corrected chi connectivity index (χ3v) is 3.99. The number of H-pyrrole nitrogens is 1. The molecule has 0 atom stereocenters. The summed E-state index contributed by atoms with van der Waals surface area (Å²) in [5.41, 5.74) is 3.15. The minimum absolute atomic E-state index is 0.194. The average Bonchev–Trinajstić information content (AvgIpc) is 3.27. The molecule has 1 aromatic heterocycles. The highest BCUT2D eigenvalue weighted by Gasteiger charge is 2.33. The number of Topliss-reactive ketones (excluding diaryl/α,β-unsaturated/α-hetero) is 1. The van der Waals surface area contributed by atoms with E-state index in [1.54, 1.807) is 12.1 Å². The number of aromatic amines is 1. The van der Waals surface area contributed by atoms with E-state index in [0.717, 1.165) is 47.8 Å². The van der Waals surface area contributed by atoms with Crippen LogP contribution in [-0.2, 0) is 11.2 Å². The van der Waals surface area contributed by atoms with Crippen molar-refractivity contribution in [3.8, 4) is 0 Å². The Morgan fingerprint density at radius 2 is 2.10 bits per heavy atom. The number of benzene rings is 1. The normalized spacial score (nSPS) is 14.4. The number of rotatable bonds is 5. The summed E-state index contributed by atoms with van der Waals surface area (Å²) in [6.45, 7) is 2.09. The van der Waals surface area contributed by atoms with Gasteiger partial charge in [0.05, 0.1) is 12.7 Å². The number of hydrogen-bond donors (Lipinski definition) is 1. The molecule has 4 nitrogen and oxygen atoms in total. The Hall–Kier alpha value is -2.10. The number of esters is 1. The first-order valence-corrected chi connectivity index (χ1v) is 7.42. The molecule has 0 radical (unpaired) electrons. The molecule has 1 aliphatic carbocycles. The van der Waals surface area contributed by atoms with Crippen LogP contribution in [0, 0.1) is 5.92 Å². The first kappa shape index (κ1) is 13.9. The van der Waals surface area contributed by atoms with Crippen LogP contribution < -0.4 is 0 Å². The van der Waals surface area contributed by atoms with Crippen LogP contribution in [0.25, 0.3) is 10.9 Å². The van der Waals surface area contributed by atoms with Gasteiger partial charge in [-0.15, -0.1) is 0 Å². The van der Waals surface area contributed by atoms with Gasteiger partial charge >= 0.3 is 5.97 Å². The summed E-state index contributed by atoms with van der Waals surface area (Å²) in [5.74, 6) is 0.0778. The molecule has 1 saturated carbocycles. The summed E-state index contributed by atoms with van der Waals surface area (Å²) in [5, 5.41) is 0.919. The predicted molar refractivity (Wildman–Crippen MR) is 80.7 cm³/mol. The molecule has 21 heavy (non-hydrogen) atoms. The lowest BCUT2D eigenvalue weighted by Gasteiger charge is -2.02. The molecule has 0 spiro atoms. The van der Waals surface area contributed by atoms with Crippen LogP contribution in [-0.4, -0.2) is 23.8 Å². The Morgan fingerprint density at radius 3 is 2.71 bits per heavy atom. The van der Waals surface area contributed by atoms with E-state index < -0.39 is 0 Å².